The Kier molecular flexibility index (Phi) is 5.95. The molecule has 136 valence electrons. The van der Waals surface area contributed by atoms with Crippen LogP contribution in [0.4, 0.5) is 16.2 Å². The number of ether oxygens (including phenoxy) is 1. The summed E-state index contributed by atoms with van der Waals surface area (Å²) in [4.78, 5) is 35.0. The molecule has 7 heteroatoms. The van der Waals surface area contributed by atoms with E-state index in [1.54, 1.807) is 12.1 Å². The number of esters is 1. The minimum absolute atomic E-state index is 0.201. The molecule has 2 aromatic rings. The second kappa shape index (κ2) is 8.15. The van der Waals surface area contributed by atoms with E-state index in [0.29, 0.717) is 11.4 Å². The number of carbonyl (C=O) groups excluding carboxylic acids is 3. The van der Waals surface area contributed by atoms with Gasteiger partial charge >= 0.3 is 12.0 Å². The van der Waals surface area contributed by atoms with E-state index in [9.17, 15) is 14.4 Å². The van der Waals surface area contributed by atoms with Crippen LogP contribution >= 0.6 is 0 Å². The third kappa shape index (κ3) is 5.07. The predicted octanol–water partition coefficient (Wildman–Crippen LogP) is 2.90. The average Bonchev–Trinajstić information content (AvgIpc) is 2.55. The lowest BCUT2D eigenvalue weighted by atomic mass is 10.1. The molecule has 0 unspecified atom stereocenters. The molecule has 2 rings (SSSR count). The molecule has 0 fully saturated rings. The maximum atomic E-state index is 12.1. The lowest BCUT2D eigenvalue weighted by molar-refractivity contribution is -0.119. The Morgan fingerprint density at radius 2 is 1.65 bits per heavy atom. The molecule has 0 heterocycles. The largest absolute Gasteiger partial charge is 0.452 e. The molecule has 26 heavy (non-hydrogen) atoms. The zero-order valence-electron chi connectivity index (χ0n) is 14.9. The number of nitrogens with one attached hydrogen (secondary N) is 2. The van der Waals surface area contributed by atoms with Gasteiger partial charge in [-0.2, -0.15) is 0 Å². The Morgan fingerprint density at radius 1 is 1.00 bits per heavy atom. The third-order valence-corrected chi connectivity index (χ3v) is 3.64. The van der Waals surface area contributed by atoms with Crippen molar-refractivity contribution in [2.45, 2.75) is 20.8 Å². The molecular formula is C19H21N3O4. The van der Waals surface area contributed by atoms with Crippen molar-refractivity contribution in [1.82, 2.24) is 0 Å². The fraction of sp³-hybridized carbons (Fsp3) is 0.211. The van der Waals surface area contributed by atoms with Crippen LogP contribution in [0.1, 0.15) is 27.0 Å². The molecular weight excluding hydrogens is 334 g/mol. The molecule has 2 aromatic carbocycles. The summed E-state index contributed by atoms with van der Waals surface area (Å²) in [6.07, 6.45) is 0. The molecule has 0 aliphatic carbocycles. The standard InChI is InChI=1S/C19H21N3O4/c1-11-7-12(2)17(13(3)8-11)22-16(23)10-26-18(24)14-5-4-6-15(9-14)21-19(20)25/h4-9H,10H2,1-3H3,(H,22,23)(H3,20,21,25). The summed E-state index contributed by atoms with van der Waals surface area (Å²) in [6.45, 7) is 5.37. The molecule has 7 nitrogen and oxygen atoms in total. The van der Waals surface area contributed by atoms with Gasteiger partial charge in [-0.3, -0.25) is 4.79 Å². The van der Waals surface area contributed by atoms with Crippen LogP contribution in [0.5, 0.6) is 0 Å². The number of anilines is 2. The van der Waals surface area contributed by atoms with Crippen molar-refractivity contribution in [2.24, 2.45) is 5.73 Å². The Labute approximate surface area is 151 Å². The first kappa shape index (κ1) is 19.0. The third-order valence-electron chi connectivity index (χ3n) is 3.64. The fourth-order valence-electron chi connectivity index (χ4n) is 2.63. The number of hydrogen-bond acceptors (Lipinski definition) is 4. The quantitative estimate of drug-likeness (QED) is 0.716. The van der Waals surface area contributed by atoms with Gasteiger partial charge in [-0.25, -0.2) is 9.59 Å². The molecule has 3 amide bonds. The van der Waals surface area contributed by atoms with Crippen molar-refractivity contribution in [3.63, 3.8) is 0 Å². The van der Waals surface area contributed by atoms with E-state index in [1.807, 2.05) is 32.9 Å². The van der Waals surface area contributed by atoms with Gasteiger partial charge in [0.15, 0.2) is 6.61 Å². The summed E-state index contributed by atoms with van der Waals surface area (Å²) < 4.78 is 5.03. The molecule has 0 aliphatic rings. The molecule has 0 saturated carbocycles. The maximum absolute atomic E-state index is 12.1. The topological polar surface area (TPSA) is 111 Å². The second-order valence-corrected chi connectivity index (χ2v) is 5.97. The zero-order chi connectivity index (χ0) is 19.3. The number of aryl methyl sites for hydroxylation is 3. The van der Waals surface area contributed by atoms with Gasteiger partial charge < -0.3 is 21.1 Å². The fourth-order valence-corrected chi connectivity index (χ4v) is 2.63. The highest BCUT2D eigenvalue weighted by atomic mass is 16.5. The number of primary amides is 1. The summed E-state index contributed by atoms with van der Waals surface area (Å²) >= 11 is 0. The Bertz CT molecular complexity index is 839. The van der Waals surface area contributed by atoms with Crippen LogP contribution in [0.3, 0.4) is 0 Å². The van der Waals surface area contributed by atoms with Gasteiger partial charge in [0.1, 0.15) is 0 Å². The van der Waals surface area contributed by atoms with Crippen LogP contribution < -0.4 is 16.4 Å². The predicted molar refractivity (Wildman–Crippen MR) is 99.2 cm³/mol. The van der Waals surface area contributed by atoms with E-state index in [-0.39, 0.29) is 5.56 Å². The monoisotopic (exact) mass is 355 g/mol. The molecule has 0 radical (unpaired) electrons. The van der Waals surface area contributed by atoms with Crippen molar-refractivity contribution in [1.29, 1.82) is 0 Å². The molecule has 0 aliphatic heterocycles. The summed E-state index contributed by atoms with van der Waals surface area (Å²) in [6, 6.07) is 9.27. The number of nitrogens with two attached hydrogens (primary N) is 1. The highest BCUT2D eigenvalue weighted by Gasteiger charge is 2.13. The van der Waals surface area contributed by atoms with E-state index in [0.717, 1.165) is 16.7 Å². The summed E-state index contributed by atoms with van der Waals surface area (Å²) in [5.41, 5.74) is 9.29. The van der Waals surface area contributed by atoms with Crippen LogP contribution in [-0.2, 0) is 9.53 Å². The molecule has 0 saturated heterocycles. The maximum Gasteiger partial charge on any atom is 0.338 e. The highest BCUT2D eigenvalue weighted by molar-refractivity contribution is 5.97. The summed E-state index contributed by atoms with van der Waals surface area (Å²) in [5, 5.41) is 5.13. The van der Waals surface area contributed by atoms with Gasteiger partial charge in [-0.1, -0.05) is 23.8 Å². The zero-order valence-corrected chi connectivity index (χ0v) is 14.9. The van der Waals surface area contributed by atoms with Crippen molar-refractivity contribution < 1.29 is 19.1 Å². The first-order valence-corrected chi connectivity index (χ1v) is 7.97. The van der Waals surface area contributed by atoms with Crippen LogP contribution in [0.2, 0.25) is 0 Å². The smallest absolute Gasteiger partial charge is 0.338 e. The second-order valence-electron chi connectivity index (χ2n) is 5.97. The van der Waals surface area contributed by atoms with Gasteiger partial charge in [0, 0.05) is 11.4 Å². The van der Waals surface area contributed by atoms with E-state index in [2.05, 4.69) is 10.6 Å². The van der Waals surface area contributed by atoms with Crippen LogP contribution in [0, 0.1) is 20.8 Å². The molecule has 0 aromatic heterocycles. The van der Waals surface area contributed by atoms with Gasteiger partial charge in [0.05, 0.1) is 5.56 Å². The van der Waals surface area contributed by atoms with Crippen LogP contribution in [-0.4, -0.2) is 24.5 Å². The van der Waals surface area contributed by atoms with Crippen molar-refractivity contribution in [3.05, 3.63) is 58.7 Å². The lowest BCUT2D eigenvalue weighted by Gasteiger charge is -2.13. The van der Waals surface area contributed by atoms with Crippen molar-refractivity contribution in [2.75, 3.05) is 17.2 Å². The Hall–Kier alpha value is -3.35. The number of hydrogen-bond donors (Lipinski definition) is 3. The number of amides is 3. The van der Waals surface area contributed by atoms with Gasteiger partial charge in [-0.05, 0) is 50.1 Å². The minimum Gasteiger partial charge on any atom is -0.452 e. The van der Waals surface area contributed by atoms with Gasteiger partial charge in [0.2, 0.25) is 0 Å². The molecule has 4 N–H and O–H groups in total. The number of benzene rings is 2. The highest BCUT2D eigenvalue weighted by Crippen LogP contribution is 2.21. The first-order chi connectivity index (χ1) is 12.3. The van der Waals surface area contributed by atoms with E-state index >= 15 is 0 Å². The average molecular weight is 355 g/mol. The molecule has 0 atom stereocenters. The van der Waals surface area contributed by atoms with E-state index in [4.69, 9.17) is 10.5 Å². The summed E-state index contributed by atoms with van der Waals surface area (Å²) in [5.74, 6) is -1.11. The summed E-state index contributed by atoms with van der Waals surface area (Å²) in [7, 11) is 0. The van der Waals surface area contributed by atoms with Crippen molar-refractivity contribution in [3.8, 4) is 0 Å². The van der Waals surface area contributed by atoms with Gasteiger partial charge in [0.25, 0.3) is 5.91 Å². The normalized spacial score (nSPS) is 10.1. The van der Waals surface area contributed by atoms with E-state index in [1.165, 1.54) is 12.1 Å². The van der Waals surface area contributed by atoms with Crippen molar-refractivity contribution >= 4 is 29.3 Å². The Balaban J connectivity index is 1.97. The number of carbonyl (C=O) groups is 3. The van der Waals surface area contributed by atoms with E-state index < -0.39 is 24.5 Å². The molecule has 0 bridgehead atoms. The molecule has 0 spiro atoms. The minimum atomic E-state index is -0.737. The number of urea groups is 1. The first-order valence-electron chi connectivity index (χ1n) is 7.97. The lowest BCUT2D eigenvalue weighted by Crippen LogP contribution is -2.22. The SMILES string of the molecule is Cc1cc(C)c(NC(=O)COC(=O)c2cccc(NC(N)=O)c2)c(C)c1. The number of rotatable bonds is 5. The van der Waals surface area contributed by atoms with Crippen LogP contribution in [0.15, 0.2) is 36.4 Å². The van der Waals surface area contributed by atoms with Gasteiger partial charge in [-0.15, -0.1) is 0 Å². The van der Waals surface area contributed by atoms with Crippen LogP contribution in [0.25, 0.3) is 0 Å². The Morgan fingerprint density at radius 3 is 2.27 bits per heavy atom.